The minimum absolute atomic E-state index is 0.0855. The third kappa shape index (κ3) is 3.03. The molecule has 0 bridgehead atoms. The summed E-state index contributed by atoms with van der Waals surface area (Å²) in [7, 11) is 0. The van der Waals surface area contributed by atoms with Gasteiger partial charge in [0.1, 0.15) is 5.75 Å². The predicted molar refractivity (Wildman–Crippen MR) is 51.1 cm³/mol. The zero-order valence-electron chi connectivity index (χ0n) is 6.44. The topological polar surface area (TPSA) is 58.0 Å². The Bertz CT molecular complexity index is 350. The minimum atomic E-state index is -0.0855. The van der Waals surface area contributed by atoms with Crippen LogP contribution in [0.1, 0.15) is 0 Å². The second-order valence-electron chi connectivity index (χ2n) is 2.08. The maximum Gasteiger partial charge on any atom is 0.167 e. The Kier molecular flexibility index (Phi) is 3.71. The summed E-state index contributed by atoms with van der Waals surface area (Å²) in [5.41, 5.74) is 7.98. The average Bonchev–Trinajstić information content (AvgIpc) is 2.09. The molecule has 6 heteroatoms. The lowest BCUT2D eigenvalue weighted by molar-refractivity contribution is 0.329. The molecule has 0 saturated heterocycles. The third-order valence-electron chi connectivity index (χ3n) is 1.23. The number of azide groups is 1. The van der Waals surface area contributed by atoms with E-state index in [4.69, 9.17) is 33.5 Å². The minimum Gasteiger partial charge on any atom is -0.486 e. The molecule has 0 aliphatic rings. The number of halogens is 2. The summed E-state index contributed by atoms with van der Waals surface area (Å²) < 4.78 is 5.02. The number of benzene rings is 1. The van der Waals surface area contributed by atoms with Crippen LogP contribution in [0.25, 0.3) is 10.4 Å². The Labute approximate surface area is 84.7 Å². The Balaban J connectivity index is 2.71. The standard InChI is InChI=1S/C7H5Cl2N3O/c8-5-1-2-7(6(9)3-5)13-4-11-12-10/h1-3H,4H2. The van der Waals surface area contributed by atoms with Crippen molar-refractivity contribution in [3.05, 3.63) is 38.7 Å². The maximum absolute atomic E-state index is 7.98. The molecular weight excluding hydrogens is 213 g/mol. The molecule has 0 amide bonds. The van der Waals surface area contributed by atoms with Gasteiger partial charge in [-0.05, 0) is 23.7 Å². The average molecular weight is 218 g/mol. The van der Waals surface area contributed by atoms with Gasteiger partial charge in [0.05, 0.1) is 5.02 Å². The molecule has 0 aliphatic heterocycles. The van der Waals surface area contributed by atoms with E-state index in [1.807, 2.05) is 0 Å². The summed E-state index contributed by atoms with van der Waals surface area (Å²) in [5, 5.41) is 4.12. The van der Waals surface area contributed by atoms with E-state index in [-0.39, 0.29) is 6.73 Å². The first kappa shape index (κ1) is 9.99. The van der Waals surface area contributed by atoms with E-state index in [1.54, 1.807) is 18.2 Å². The fraction of sp³-hybridized carbons (Fsp3) is 0.143. The molecular formula is C7H5Cl2N3O. The molecule has 1 aromatic carbocycles. The van der Waals surface area contributed by atoms with Crippen LogP contribution in [0.5, 0.6) is 5.75 Å². The van der Waals surface area contributed by atoms with Gasteiger partial charge in [0.25, 0.3) is 0 Å². The van der Waals surface area contributed by atoms with Crippen LogP contribution < -0.4 is 4.74 Å². The number of nitrogens with zero attached hydrogens (tertiary/aromatic N) is 3. The van der Waals surface area contributed by atoms with E-state index in [1.165, 1.54) is 0 Å². The highest BCUT2D eigenvalue weighted by Crippen LogP contribution is 2.27. The molecule has 0 aromatic heterocycles. The van der Waals surface area contributed by atoms with Gasteiger partial charge in [-0.15, -0.1) is 0 Å². The largest absolute Gasteiger partial charge is 0.486 e. The van der Waals surface area contributed by atoms with Gasteiger partial charge in [-0.3, -0.25) is 0 Å². The quantitative estimate of drug-likeness (QED) is 0.434. The van der Waals surface area contributed by atoms with E-state index in [0.717, 1.165) is 0 Å². The Morgan fingerprint density at radius 1 is 1.46 bits per heavy atom. The van der Waals surface area contributed by atoms with Gasteiger partial charge in [-0.25, -0.2) is 0 Å². The van der Waals surface area contributed by atoms with E-state index in [0.29, 0.717) is 15.8 Å². The lowest BCUT2D eigenvalue weighted by atomic mass is 10.3. The summed E-state index contributed by atoms with van der Waals surface area (Å²) in [5.74, 6) is 0.443. The molecule has 4 nitrogen and oxygen atoms in total. The molecule has 0 aliphatic carbocycles. The molecule has 0 radical (unpaired) electrons. The number of rotatable bonds is 3. The highest BCUT2D eigenvalue weighted by molar-refractivity contribution is 6.35. The normalized spacial score (nSPS) is 9.08. The van der Waals surface area contributed by atoms with Crippen molar-refractivity contribution in [1.29, 1.82) is 0 Å². The fourth-order valence-electron chi connectivity index (χ4n) is 0.716. The van der Waals surface area contributed by atoms with Gasteiger partial charge in [-0.2, -0.15) is 0 Å². The molecule has 0 spiro atoms. The van der Waals surface area contributed by atoms with Gasteiger partial charge in [0.15, 0.2) is 6.73 Å². The lowest BCUT2D eigenvalue weighted by Crippen LogP contribution is -1.92. The SMILES string of the molecule is [N-]=[N+]=NCOc1ccc(Cl)cc1Cl. The molecule has 13 heavy (non-hydrogen) atoms. The molecule has 0 N–H and O–H groups in total. The molecule has 0 saturated carbocycles. The van der Waals surface area contributed by atoms with E-state index in [9.17, 15) is 0 Å². The first-order valence-electron chi connectivity index (χ1n) is 3.33. The molecule has 68 valence electrons. The first-order chi connectivity index (χ1) is 6.24. The number of ether oxygens (including phenoxy) is 1. The van der Waals surface area contributed by atoms with Crippen molar-refractivity contribution in [2.75, 3.05) is 6.73 Å². The second kappa shape index (κ2) is 4.82. The monoisotopic (exact) mass is 217 g/mol. The van der Waals surface area contributed by atoms with Gasteiger partial charge in [0.2, 0.25) is 0 Å². The van der Waals surface area contributed by atoms with Crippen molar-refractivity contribution >= 4 is 23.2 Å². The summed E-state index contributed by atoms with van der Waals surface area (Å²) in [4.78, 5) is 2.53. The maximum atomic E-state index is 7.98. The van der Waals surface area contributed by atoms with Crippen LogP contribution in [-0.2, 0) is 0 Å². The molecule has 0 atom stereocenters. The predicted octanol–water partition coefficient (Wildman–Crippen LogP) is 3.64. The number of hydrogen-bond donors (Lipinski definition) is 0. The van der Waals surface area contributed by atoms with Crippen LogP contribution in [-0.4, -0.2) is 6.73 Å². The third-order valence-corrected chi connectivity index (χ3v) is 1.77. The Morgan fingerprint density at radius 3 is 2.85 bits per heavy atom. The molecule has 1 rings (SSSR count). The van der Waals surface area contributed by atoms with Gasteiger partial charge < -0.3 is 4.74 Å². The van der Waals surface area contributed by atoms with Crippen molar-refractivity contribution in [3.63, 3.8) is 0 Å². The Hall–Kier alpha value is -1.09. The Morgan fingerprint density at radius 2 is 2.23 bits per heavy atom. The van der Waals surface area contributed by atoms with Crippen molar-refractivity contribution in [2.45, 2.75) is 0 Å². The van der Waals surface area contributed by atoms with Crippen LogP contribution in [0, 0.1) is 0 Å². The summed E-state index contributed by atoms with van der Waals surface area (Å²) >= 11 is 11.4. The summed E-state index contributed by atoms with van der Waals surface area (Å²) in [6, 6.07) is 4.80. The fourth-order valence-corrected chi connectivity index (χ4v) is 1.18. The van der Waals surface area contributed by atoms with E-state index >= 15 is 0 Å². The van der Waals surface area contributed by atoms with Crippen LogP contribution >= 0.6 is 23.2 Å². The summed E-state index contributed by atoms with van der Waals surface area (Å²) in [6.45, 7) is -0.0855. The van der Waals surface area contributed by atoms with Crippen molar-refractivity contribution in [2.24, 2.45) is 5.11 Å². The van der Waals surface area contributed by atoms with Crippen LogP contribution in [0.2, 0.25) is 10.0 Å². The highest BCUT2D eigenvalue weighted by Gasteiger charge is 2.00. The van der Waals surface area contributed by atoms with Gasteiger partial charge in [0, 0.05) is 9.93 Å². The zero-order valence-corrected chi connectivity index (χ0v) is 7.96. The van der Waals surface area contributed by atoms with Crippen molar-refractivity contribution in [1.82, 2.24) is 0 Å². The smallest absolute Gasteiger partial charge is 0.167 e. The van der Waals surface area contributed by atoms with Crippen LogP contribution in [0.15, 0.2) is 23.3 Å². The van der Waals surface area contributed by atoms with E-state index < -0.39 is 0 Å². The van der Waals surface area contributed by atoms with E-state index in [2.05, 4.69) is 10.0 Å². The molecule has 0 unspecified atom stereocenters. The van der Waals surface area contributed by atoms with Crippen LogP contribution in [0.3, 0.4) is 0 Å². The molecule has 1 aromatic rings. The lowest BCUT2D eigenvalue weighted by Gasteiger charge is -2.04. The zero-order chi connectivity index (χ0) is 9.68. The first-order valence-corrected chi connectivity index (χ1v) is 4.08. The van der Waals surface area contributed by atoms with Crippen molar-refractivity contribution < 1.29 is 4.74 Å². The summed E-state index contributed by atoms with van der Waals surface area (Å²) in [6.07, 6.45) is 0. The van der Waals surface area contributed by atoms with Gasteiger partial charge in [-0.1, -0.05) is 28.3 Å². The molecule has 0 fully saturated rings. The second-order valence-corrected chi connectivity index (χ2v) is 2.92. The van der Waals surface area contributed by atoms with Crippen LogP contribution in [0.4, 0.5) is 0 Å². The highest BCUT2D eigenvalue weighted by atomic mass is 35.5. The number of hydrogen-bond acceptors (Lipinski definition) is 2. The van der Waals surface area contributed by atoms with Crippen molar-refractivity contribution in [3.8, 4) is 5.75 Å². The van der Waals surface area contributed by atoms with Gasteiger partial charge >= 0.3 is 0 Å². The molecule has 0 heterocycles.